The number of rotatable bonds is 7. The van der Waals surface area contributed by atoms with Gasteiger partial charge in [0.25, 0.3) is 17.7 Å². The summed E-state index contributed by atoms with van der Waals surface area (Å²) in [5, 5.41) is 4.67. The molecule has 0 spiro atoms. The van der Waals surface area contributed by atoms with Gasteiger partial charge in [-0.1, -0.05) is 23.2 Å². The maximum Gasteiger partial charge on any atom is 0.289 e. The largest absolute Gasteiger partial charge is 0.487 e. The van der Waals surface area contributed by atoms with Gasteiger partial charge in [0.15, 0.2) is 40.6 Å². The molecule has 4 aromatic heterocycles. The third-order valence-corrected chi connectivity index (χ3v) is 10.2. The molecule has 15 nitrogen and oxygen atoms in total. The Hall–Kier alpha value is -7.13. The van der Waals surface area contributed by atoms with E-state index in [4.69, 9.17) is 32.7 Å². The van der Waals surface area contributed by atoms with Gasteiger partial charge in [0, 0.05) is 55.5 Å². The lowest BCUT2D eigenvalue weighted by molar-refractivity contribution is -0.120. The van der Waals surface area contributed by atoms with Gasteiger partial charge < -0.3 is 25.0 Å². The number of halogens is 8. The number of nitrogens with zero attached hydrogens (tertiary/aromatic N) is 8. The molecule has 0 aliphatic carbocycles. The standard InChI is InChI=1S/C40H26Cl2F6N10O5/c1-57-13-18(52-38(59)34-49-11-22(41)31(54-34)19-4-3-16(43)7-24(19)45)14-62-28-9-25(46)33(56-37(28)57)21-6-5-20(29(47)30(21)48)32-23(42)12-50-35(55-32)39(60)53-26-15-63-27-8-17(44)10-51-36(27)58(2)40(26)61/h3-12,18,26H,13-15H2,1-2H3,(H,52,59)(H,53,60)/t18?,26-/m0/s1. The van der Waals surface area contributed by atoms with Crippen molar-refractivity contribution in [1.29, 1.82) is 0 Å². The number of hydrogen-bond donors (Lipinski definition) is 2. The van der Waals surface area contributed by atoms with Gasteiger partial charge in [-0.2, -0.15) is 0 Å². The molecule has 63 heavy (non-hydrogen) atoms. The number of hydrogen-bond acceptors (Lipinski definition) is 12. The average molecular weight is 912 g/mol. The number of ether oxygens (including phenoxy) is 2. The van der Waals surface area contributed by atoms with Crippen molar-refractivity contribution in [3.8, 4) is 45.3 Å². The monoisotopic (exact) mass is 910 g/mol. The van der Waals surface area contributed by atoms with E-state index < -0.39 is 105 Å². The molecule has 0 bridgehead atoms. The first kappa shape index (κ1) is 42.6. The Labute approximate surface area is 361 Å². The fraction of sp³-hybridized carbons (Fsp3) is 0.175. The van der Waals surface area contributed by atoms with E-state index in [2.05, 4.69) is 40.5 Å². The molecule has 3 amide bonds. The van der Waals surface area contributed by atoms with E-state index in [1.165, 1.54) is 19.0 Å². The summed E-state index contributed by atoms with van der Waals surface area (Å²) in [6, 6.07) is 4.60. The number of aromatic nitrogens is 6. The van der Waals surface area contributed by atoms with Crippen molar-refractivity contribution in [3.63, 3.8) is 0 Å². The van der Waals surface area contributed by atoms with Crippen molar-refractivity contribution in [2.45, 2.75) is 12.1 Å². The highest BCUT2D eigenvalue weighted by Crippen LogP contribution is 2.38. The van der Waals surface area contributed by atoms with Crippen molar-refractivity contribution in [1.82, 2.24) is 40.5 Å². The highest BCUT2D eigenvalue weighted by atomic mass is 35.5. The second kappa shape index (κ2) is 17.0. The molecule has 2 aromatic carbocycles. The number of benzene rings is 2. The fourth-order valence-corrected chi connectivity index (χ4v) is 7.02. The highest BCUT2D eigenvalue weighted by Gasteiger charge is 2.34. The molecule has 2 aliphatic rings. The number of anilines is 2. The smallest absolute Gasteiger partial charge is 0.289 e. The van der Waals surface area contributed by atoms with E-state index in [9.17, 15) is 27.6 Å². The Morgan fingerprint density at radius 1 is 0.667 bits per heavy atom. The molecule has 0 saturated heterocycles. The molecule has 0 radical (unpaired) electrons. The van der Waals surface area contributed by atoms with E-state index in [1.54, 1.807) is 0 Å². The second-order valence-electron chi connectivity index (χ2n) is 13.9. The summed E-state index contributed by atoms with van der Waals surface area (Å²) in [5.74, 6) is -10.4. The van der Waals surface area contributed by atoms with E-state index >= 15 is 13.2 Å². The summed E-state index contributed by atoms with van der Waals surface area (Å²) in [6.07, 6.45) is 2.93. The molecule has 2 aliphatic heterocycles. The molecule has 8 rings (SSSR count). The number of carbonyl (C=O) groups excluding carboxylic acids is 3. The zero-order chi connectivity index (χ0) is 44.9. The highest BCUT2D eigenvalue weighted by molar-refractivity contribution is 6.33. The molecule has 0 fully saturated rings. The van der Waals surface area contributed by atoms with Crippen LogP contribution in [0, 0.1) is 34.9 Å². The van der Waals surface area contributed by atoms with E-state index in [0.29, 0.717) is 6.07 Å². The Kier molecular flexibility index (Phi) is 11.5. The Morgan fingerprint density at radius 3 is 1.92 bits per heavy atom. The molecular formula is C40H26Cl2F6N10O5. The van der Waals surface area contributed by atoms with Gasteiger partial charge in [0.1, 0.15) is 42.4 Å². The average Bonchev–Trinajstić information content (AvgIpc) is 3.46. The molecule has 0 saturated carbocycles. The summed E-state index contributed by atoms with van der Waals surface area (Å²) >= 11 is 12.4. The van der Waals surface area contributed by atoms with Crippen LogP contribution in [-0.4, -0.2) is 93.6 Å². The normalized spacial score (nSPS) is 15.9. The third-order valence-electron chi connectivity index (χ3n) is 9.68. The third kappa shape index (κ3) is 8.31. The van der Waals surface area contributed by atoms with Crippen LogP contribution in [0.1, 0.15) is 21.2 Å². The Morgan fingerprint density at radius 2 is 1.25 bits per heavy atom. The molecule has 23 heteroatoms. The Bertz CT molecular complexity index is 2880. The predicted octanol–water partition coefficient (Wildman–Crippen LogP) is 5.98. The minimum absolute atomic E-state index is 0.00519. The molecule has 6 heterocycles. The first-order valence-electron chi connectivity index (χ1n) is 18.3. The van der Waals surface area contributed by atoms with Gasteiger partial charge in [-0.15, -0.1) is 0 Å². The fourth-order valence-electron chi connectivity index (χ4n) is 6.64. The van der Waals surface area contributed by atoms with Gasteiger partial charge in [0.05, 0.1) is 46.1 Å². The molecular weight excluding hydrogens is 885 g/mol. The van der Waals surface area contributed by atoms with Crippen LogP contribution in [0.5, 0.6) is 11.5 Å². The maximum atomic E-state index is 16.0. The number of pyridine rings is 2. The van der Waals surface area contributed by atoms with Crippen LogP contribution in [0.4, 0.5) is 38.0 Å². The van der Waals surface area contributed by atoms with Crippen LogP contribution >= 0.6 is 23.2 Å². The van der Waals surface area contributed by atoms with Crippen LogP contribution in [0.15, 0.2) is 61.1 Å². The van der Waals surface area contributed by atoms with Gasteiger partial charge >= 0.3 is 0 Å². The molecule has 1 unspecified atom stereocenters. The van der Waals surface area contributed by atoms with E-state index in [1.807, 2.05) is 0 Å². The molecule has 2 N–H and O–H groups in total. The lowest BCUT2D eigenvalue weighted by atomic mass is 10.0. The number of likely N-dealkylation sites (N-methyl/N-ethyl adjacent to an activating group) is 2. The SMILES string of the molecule is CN1CC(NC(=O)c2ncc(Cl)c(-c3ccc(F)cc3F)n2)COc2cc(F)c(-c3ccc(-c4nc(C(=O)N[C@H]5COc6cc(F)cnc6N(C)C5=O)ncc4Cl)c(F)c3F)nc21. The number of fused-ring (bicyclic) bond motifs is 2. The van der Waals surface area contributed by atoms with Crippen LogP contribution < -0.4 is 29.9 Å². The van der Waals surface area contributed by atoms with Crippen molar-refractivity contribution in [3.05, 3.63) is 118 Å². The number of nitrogens with one attached hydrogen (secondary N) is 2. The summed E-state index contributed by atoms with van der Waals surface area (Å²) in [6.45, 7) is -0.652. The molecule has 2 atom stereocenters. The minimum atomic E-state index is -1.56. The molecule has 322 valence electrons. The molecule has 6 aromatic rings. The van der Waals surface area contributed by atoms with Crippen molar-refractivity contribution < 1.29 is 50.2 Å². The number of amides is 3. The van der Waals surface area contributed by atoms with Crippen LogP contribution in [0.2, 0.25) is 10.0 Å². The lowest BCUT2D eigenvalue weighted by Crippen LogP contribution is -2.49. The summed E-state index contributed by atoms with van der Waals surface area (Å²) in [7, 11) is 2.86. The van der Waals surface area contributed by atoms with Crippen molar-refractivity contribution in [2.75, 3.05) is 43.7 Å². The zero-order valence-corrected chi connectivity index (χ0v) is 33.7. The quantitative estimate of drug-likeness (QED) is 0.180. The summed E-state index contributed by atoms with van der Waals surface area (Å²) in [5.41, 5.74) is -2.52. The van der Waals surface area contributed by atoms with Gasteiger partial charge in [-0.3, -0.25) is 19.3 Å². The predicted molar refractivity (Wildman–Crippen MR) is 212 cm³/mol. The van der Waals surface area contributed by atoms with Gasteiger partial charge in [0.2, 0.25) is 11.6 Å². The first-order valence-corrected chi connectivity index (χ1v) is 19.0. The second-order valence-corrected chi connectivity index (χ2v) is 14.7. The van der Waals surface area contributed by atoms with Crippen molar-refractivity contribution in [2.24, 2.45) is 0 Å². The van der Waals surface area contributed by atoms with Crippen molar-refractivity contribution >= 4 is 52.6 Å². The lowest BCUT2D eigenvalue weighted by Gasteiger charge is -2.22. The zero-order valence-electron chi connectivity index (χ0n) is 32.2. The van der Waals surface area contributed by atoms with Gasteiger partial charge in [-0.05, 0) is 24.3 Å². The van der Waals surface area contributed by atoms with E-state index in [0.717, 1.165) is 59.9 Å². The summed E-state index contributed by atoms with van der Waals surface area (Å²) in [4.78, 5) is 66.1. The Balaban J connectivity index is 0.993. The van der Waals surface area contributed by atoms with Crippen LogP contribution in [0.25, 0.3) is 33.8 Å². The van der Waals surface area contributed by atoms with E-state index in [-0.39, 0.29) is 57.6 Å². The van der Waals surface area contributed by atoms with Crippen LogP contribution in [-0.2, 0) is 4.79 Å². The summed E-state index contributed by atoms with van der Waals surface area (Å²) < 4.78 is 101. The number of carbonyl (C=O) groups is 3. The first-order chi connectivity index (χ1) is 30.1. The van der Waals surface area contributed by atoms with Gasteiger partial charge in [-0.25, -0.2) is 56.2 Å². The topological polar surface area (TPSA) is 178 Å². The maximum absolute atomic E-state index is 16.0. The van der Waals surface area contributed by atoms with Crippen LogP contribution in [0.3, 0.4) is 0 Å². The minimum Gasteiger partial charge on any atom is -0.487 e.